The molecule has 0 amide bonds. The van der Waals surface area contributed by atoms with Crippen molar-refractivity contribution in [2.45, 2.75) is 58.7 Å². The topological polar surface area (TPSA) is 70.0 Å². The number of methoxy groups -OCH3 is 2. The highest BCUT2D eigenvalue weighted by molar-refractivity contribution is 5.95. The Morgan fingerprint density at radius 2 is 1.81 bits per heavy atom. The molecule has 3 atom stereocenters. The van der Waals surface area contributed by atoms with Crippen molar-refractivity contribution in [3.63, 3.8) is 0 Å². The number of nitrogens with zero attached hydrogens (tertiary/aromatic N) is 2. The molecule has 37 heavy (non-hydrogen) atoms. The molecule has 2 aliphatic rings. The predicted octanol–water partition coefficient (Wildman–Crippen LogP) is 6.11. The normalized spacial score (nSPS) is 21.4. The first kappa shape index (κ1) is 25.3. The molecular formula is C30H36N2O5. The van der Waals surface area contributed by atoms with Crippen LogP contribution in [0.1, 0.15) is 66.7 Å². The van der Waals surface area contributed by atoms with E-state index in [9.17, 15) is 9.59 Å². The molecule has 1 saturated heterocycles. The fraction of sp³-hybridized carbons (Fsp3) is 0.467. The van der Waals surface area contributed by atoms with E-state index in [0.717, 1.165) is 40.2 Å². The van der Waals surface area contributed by atoms with Gasteiger partial charge in [-0.2, -0.15) is 0 Å². The zero-order chi connectivity index (χ0) is 26.5. The van der Waals surface area contributed by atoms with Crippen LogP contribution in [0.3, 0.4) is 0 Å². The molecule has 2 aromatic carbocycles. The number of carbonyl (C=O) groups is 2. The van der Waals surface area contributed by atoms with Gasteiger partial charge in [-0.1, -0.05) is 12.1 Å². The quantitative estimate of drug-likeness (QED) is 0.391. The number of likely N-dealkylation sites (tertiary alicyclic amines) is 1. The number of hydrogen-bond acceptors (Lipinski definition) is 6. The number of ether oxygens (including phenoxy) is 3. The molecule has 0 N–H and O–H groups in total. The average Bonchev–Trinajstić information content (AvgIpc) is 3.51. The number of piperidine rings is 1. The summed E-state index contributed by atoms with van der Waals surface area (Å²) >= 11 is 0. The van der Waals surface area contributed by atoms with E-state index in [1.54, 1.807) is 17.9 Å². The van der Waals surface area contributed by atoms with Crippen molar-refractivity contribution in [3.8, 4) is 5.75 Å². The molecule has 5 rings (SSSR count). The van der Waals surface area contributed by atoms with Gasteiger partial charge in [0.2, 0.25) is 0 Å². The predicted molar refractivity (Wildman–Crippen MR) is 142 cm³/mol. The first-order valence-electron chi connectivity index (χ1n) is 12.9. The fourth-order valence-electron chi connectivity index (χ4n) is 5.88. The molecule has 0 spiro atoms. The summed E-state index contributed by atoms with van der Waals surface area (Å²) in [6.45, 7) is 9.30. The van der Waals surface area contributed by atoms with Gasteiger partial charge in [0, 0.05) is 29.7 Å². The Morgan fingerprint density at radius 3 is 2.46 bits per heavy atom. The molecule has 7 nitrogen and oxygen atoms in total. The highest BCUT2D eigenvalue weighted by Gasteiger charge is 2.49. The lowest BCUT2D eigenvalue weighted by atomic mass is 9.93. The molecule has 196 valence electrons. The van der Waals surface area contributed by atoms with Gasteiger partial charge >= 0.3 is 12.1 Å². The lowest BCUT2D eigenvalue weighted by Gasteiger charge is -2.36. The van der Waals surface area contributed by atoms with Gasteiger partial charge in [0.15, 0.2) is 0 Å². The zero-order valence-corrected chi connectivity index (χ0v) is 22.5. The number of benzene rings is 2. The van der Waals surface area contributed by atoms with E-state index in [1.807, 2.05) is 52.0 Å². The van der Waals surface area contributed by atoms with Crippen LogP contribution >= 0.6 is 0 Å². The second-order valence-corrected chi connectivity index (χ2v) is 11.3. The van der Waals surface area contributed by atoms with Crippen LogP contribution in [0.2, 0.25) is 0 Å². The Balaban J connectivity index is 1.51. The van der Waals surface area contributed by atoms with Crippen molar-refractivity contribution in [1.29, 1.82) is 0 Å². The summed E-state index contributed by atoms with van der Waals surface area (Å²) in [6.07, 6.45) is 3.82. The summed E-state index contributed by atoms with van der Waals surface area (Å²) in [4.78, 5) is 27.5. The summed E-state index contributed by atoms with van der Waals surface area (Å²) in [5, 5.41) is 1.00. The monoisotopic (exact) mass is 504 g/mol. The van der Waals surface area contributed by atoms with E-state index in [-0.39, 0.29) is 18.1 Å². The van der Waals surface area contributed by atoms with E-state index in [1.165, 1.54) is 25.5 Å². The maximum atomic E-state index is 13.0. The van der Waals surface area contributed by atoms with Crippen LogP contribution in [0.25, 0.3) is 10.9 Å². The molecular weight excluding hydrogens is 468 g/mol. The SMILES string of the molecule is COC(=O)c1ccc([C@@H]2C3CC3CCN2Cc2c(OC)cc(C)c3c2ccn3C(=O)OC(C)(C)C)cc1. The van der Waals surface area contributed by atoms with E-state index in [4.69, 9.17) is 14.2 Å². The number of carbonyl (C=O) groups excluding carboxylic acids is 2. The first-order chi connectivity index (χ1) is 17.6. The summed E-state index contributed by atoms with van der Waals surface area (Å²) in [5.74, 6) is 1.87. The highest BCUT2D eigenvalue weighted by Crippen LogP contribution is 2.55. The van der Waals surface area contributed by atoms with Crippen molar-refractivity contribution < 1.29 is 23.8 Å². The minimum atomic E-state index is -0.581. The molecule has 3 aromatic rings. The third-order valence-electron chi connectivity index (χ3n) is 7.64. The first-order valence-corrected chi connectivity index (χ1v) is 12.9. The van der Waals surface area contributed by atoms with Crippen molar-refractivity contribution in [1.82, 2.24) is 9.47 Å². The van der Waals surface area contributed by atoms with E-state index < -0.39 is 5.60 Å². The number of fused-ring (bicyclic) bond motifs is 2. The lowest BCUT2D eigenvalue weighted by molar-refractivity contribution is 0.0542. The van der Waals surface area contributed by atoms with E-state index in [0.29, 0.717) is 18.0 Å². The Hall–Kier alpha value is -3.32. The lowest BCUT2D eigenvalue weighted by Crippen LogP contribution is -2.35. The largest absolute Gasteiger partial charge is 0.496 e. The van der Waals surface area contributed by atoms with Crippen molar-refractivity contribution in [3.05, 3.63) is 64.8 Å². The van der Waals surface area contributed by atoms with Crippen LogP contribution in [0, 0.1) is 18.8 Å². The van der Waals surface area contributed by atoms with Gasteiger partial charge in [0.05, 0.1) is 25.3 Å². The second-order valence-electron chi connectivity index (χ2n) is 11.3. The van der Waals surface area contributed by atoms with Crippen LogP contribution in [0.4, 0.5) is 4.79 Å². The summed E-state index contributed by atoms with van der Waals surface area (Å²) in [7, 11) is 3.10. The molecule has 2 fully saturated rings. The molecule has 0 bridgehead atoms. The Bertz CT molecular complexity index is 1330. The minimum Gasteiger partial charge on any atom is -0.496 e. The van der Waals surface area contributed by atoms with Crippen LogP contribution in [0.15, 0.2) is 42.6 Å². The summed E-state index contributed by atoms with van der Waals surface area (Å²) < 4.78 is 18.0. The van der Waals surface area contributed by atoms with Gasteiger partial charge in [-0.05, 0) is 94.3 Å². The van der Waals surface area contributed by atoms with Crippen molar-refractivity contribution in [2.75, 3.05) is 20.8 Å². The Kier molecular flexibility index (Phi) is 6.52. The summed E-state index contributed by atoms with van der Waals surface area (Å²) in [6, 6.07) is 12.1. The van der Waals surface area contributed by atoms with Gasteiger partial charge in [-0.25, -0.2) is 9.59 Å². The van der Waals surface area contributed by atoms with Crippen LogP contribution in [0.5, 0.6) is 5.75 Å². The van der Waals surface area contributed by atoms with E-state index >= 15 is 0 Å². The Morgan fingerprint density at radius 1 is 1.08 bits per heavy atom. The zero-order valence-electron chi connectivity index (χ0n) is 22.5. The number of hydrogen-bond donors (Lipinski definition) is 0. The fourth-order valence-corrected chi connectivity index (χ4v) is 5.88. The average molecular weight is 505 g/mol. The molecule has 1 aromatic heterocycles. The van der Waals surface area contributed by atoms with Gasteiger partial charge in [0.1, 0.15) is 11.4 Å². The van der Waals surface area contributed by atoms with Crippen molar-refractivity contribution >= 4 is 23.0 Å². The molecule has 7 heteroatoms. The van der Waals surface area contributed by atoms with Crippen LogP contribution < -0.4 is 4.74 Å². The molecule has 1 aliphatic carbocycles. The summed E-state index contributed by atoms with van der Waals surface area (Å²) in [5.41, 5.74) is 4.08. The maximum Gasteiger partial charge on any atom is 0.419 e. The van der Waals surface area contributed by atoms with Gasteiger partial charge in [0.25, 0.3) is 0 Å². The third kappa shape index (κ3) is 4.85. The van der Waals surface area contributed by atoms with Gasteiger partial charge in [-0.3, -0.25) is 9.47 Å². The second kappa shape index (κ2) is 9.53. The standard InChI is InChI=1S/C30H36N2O5/c1-18-15-25(35-5)24(22-12-14-32(26(18)22)29(34)37-30(2,3)4)17-31-13-11-21-16-23(21)27(31)19-7-9-20(10-8-19)28(33)36-6/h7-10,12,14-15,21,23,27H,11,13,16-17H2,1-6H3/t21?,23?,27-/m1/s1. The van der Waals surface area contributed by atoms with Crippen molar-refractivity contribution in [2.24, 2.45) is 11.8 Å². The number of aromatic nitrogens is 1. The highest BCUT2D eigenvalue weighted by atomic mass is 16.6. The minimum absolute atomic E-state index is 0.263. The molecule has 1 aliphatic heterocycles. The molecule has 0 radical (unpaired) electrons. The van der Waals surface area contributed by atoms with Crippen LogP contribution in [-0.2, 0) is 16.0 Å². The molecule has 1 saturated carbocycles. The number of rotatable bonds is 5. The molecule has 2 heterocycles. The number of esters is 1. The van der Waals surface area contributed by atoms with Crippen LogP contribution in [-0.4, -0.2) is 47.9 Å². The molecule has 2 unspecified atom stereocenters. The van der Waals surface area contributed by atoms with Gasteiger partial charge in [-0.15, -0.1) is 0 Å². The Labute approximate surface area is 218 Å². The maximum absolute atomic E-state index is 13.0. The number of aryl methyl sites for hydroxylation is 1. The van der Waals surface area contributed by atoms with E-state index in [2.05, 4.69) is 17.0 Å². The smallest absolute Gasteiger partial charge is 0.419 e. The van der Waals surface area contributed by atoms with Gasteiger partial charge < -0.3 is 14.2 Å². The third-order valence-corrected chi connectivity index (χ3v) is 7.64.